The first-order chi connectivity index (χ1) is 14.2. The fourth-order valence-electron chi connectivity index (χ4n) is 2.83. The first kappa shape index (κ1) is 21.0. The van der Waals surface area contributed by atoms with Crippen LogP contribution in [0.25, 0.3) is 0 Å². The number of rotatable bonds is 5. The maximum absolute atomic E-state index is 13.3. The summed E-state index contributed by atoms with van der Waals surface area (Å²) in [5.41, 5.74) is -1.94. The smallest absolute Gasteiger partial charge is 0.416 e. The number of hydrogen-bond acceptors (Lipinski definition) is 5. The number of aromatic nitrogens is 3. The van der Waals surface area contributed by atoms with Gasteiger partial charge in [-0.1, -0.05) is 24.3 Å². The third-order valence-electron chi connectivity index (χ3n) is 4.40. The van der Waals surface area contributed by atoms with Crippen molar-refractivity contribution in [3.05, 3.63) is 87.4 Å². The number of benzene rings is 1. The Kier molecular flexibility index (Phi) is 5.86. The van der Waals surface area contributed by atoms with Crippen molar-refractivity contribution < 1.29 is 23.1 Å². The molecule has 0 saturated carbocycles. The lowest BCUT2D eigenvalue weighted by Crippen LogP contribution is -2.30. The fraction of sp³-hybridized carbons (Fsp3) is 0.200. The molecule has 0 unspecified atom stereocenters. The molecule has 0 saturated heterocycles. The average Bonchev–Trinajstić information content (AvgIpc) is 2.72. The highest BCUT2D eigenvalue weighted by atomic mass is 19.4. The Labute approximate surface area is 168 Å². The molecule has 0 aliphatic heterocycles. The topological polar surface area (TPSA) is 97.1 Å². The van der Waals surface area contributed by atoms with Gasteiger partial charge in [0, 0.05) is 19.7 Å². The second-order valence-corrected chi connectivity index (χ2v) is 6.42. The van der Waals surface area contributed by atoms with Crippen molar-refractivity contribution in [3.8, 4) is 5.75 Å². The van der Waals surface area contributed by atoms with Crippen LogP contribution in [0.15, 0.2) is 53.5 Å². The molecule has 0 aliphatic rings. The van der Waals surface area contributed by atoms with E-state index < -0.39 is 34.6 Å². The van der Waals surface area contributed by atoms with E-state index in [9.17, 15) is 27.9 Å². The van der Waals surface area contributed by atoms with Crippen molar-refractivity contribution in [2.24, 2.45) is 7.05 Å². The van der Waals surface area contributed by atoms with Crippen LogP contribution in [-0.4, -0.2) is 25.5 Å². The molecule has 0 aliphatic carbocycles. The molecule has 0 bridgehead atoms. The van der Waals surface area contributed by atoms with Crippen LogP contribution < -0.4 is 10.9 Å². The van der Waals surface area contributed by atoms with Crippen molar-refractivity contribution in [1.29, 1.82) is 0 Å². The number of halogens is 3. The molecule has 2 aromatic heterocycles. The van der Waals surface area contributed by atoms with E-state index in [1.807, 2.05) is 0 Å². The Hall–Kier alpha value is -3.69. The highest BCUT2D eigenvalue weighted by Crippen LogP contribution is 2.32. The molecule has 1 aromatic carbocycles. The molecule has 2 heterocycles. The lowest BCUT2D eigenvalue weighted by Gasteiger charge is -2.15. The average molecular weight is 418 g/mol. The predicted molar refractivity (Wildman–Crippen MR) is 101 cm³/mol. The Balaban J connectivity index is 1.93. The van der Waals surface area contributed by atoms with E-state index in [2.05, 4.69) is 15.3 Å². The van der Waals surface area contributed by atoms with Gasteiger partial charge < -0.3 is 10.4 Å². The predicted octanol–water partition coefficient (Wildman–Crippen LogP) is 2.42. The number of carbonyl (C=O) groups excluding carboxylic acids is 1. The zero-order chi connectivity index (χ0) is 21.9. The van der Waals surface area contributed by atoms with Gasteiger partial charge in [0.15, 0.2) is 5.69 Å². The van der Waals surface area contributed by atoms with Crippen LogP contribution in [0.4, 0.5) is 13.2 Å². The molecule has 0 atom stereocenters. The summed E-state index contributed by atoms with van der Waals surface area (Å²) in [6, 6.07) is 9.97. The van der Waals surface area contributed by atoms with Crippen molar-refractivity contribution >= 4 is 5.91 Å². The SMILES string of the molecule is Cn1c(Cc2ccccc2C(F)(F)F)nc(C(=O)NCc2ccccn2)c(O)c1=O. The normalized spacial score (nSPS) is 11.3. The van der Waals surface area contributed by atoms with Crippen molar-refractivity contribution in [1.82, 2.24) is 19.9 Å². The number of nitrogens with zero attached hydrogens (tertiary/aromatic N) is 3. The highest BCUT2D eigenvalue weighted by molar-refractivity contribution is 5.94. The molecule has 0 radical (unpaired) electrons. The van der Waals surface area contributed by atoms with Crippen molar-refractivity contribution in [2.75, 3.05) is 0 Å². The molecule has 30 heavy (non-hydrogen) atoms. The first-order valence-corrected chi connectivity index (χ1v) is 8.80. The number of hydrogen-bond donors (Lipinski definition) is 2. The summed E-state index contributed by atoms with van der Waals surface area (Å²) in [7, 11) is 1.26. The van der Waals surface area contributed by atoms with E-state index in [1.165, 1.54) is 31.4 Å². The molecule has 3 aromatic rings. The second-order valence-electron chi connectivity index (χ2n) is 6.42. The standard InChI is InChI=1S/C20H17F3N4O3/c1-27-15(10-12-6-2-3-8-14(12)20(21,22)23)26-16(17(28)19(27)30)18(29)25-11-13-7-4-5-9-24-13/h2-9,28H,10-11H2,1H3,(H,25,29). The number of pyridine rings is 1. The van der Waals surface area contributed by atoms with Gasteiger partial charge in [0.1, 0.15) is 5.82 Å². The van der Waals surface area contributed by atoms with Crippen LogP contribution in [0, 0.1) is 0 Å². The van der Waals surface area contributed by atoms with Crippen LogP contribution in [0.2, 0.25) is 0 Å². The summed E-state index contributed by atoms with van der Waals surface area (Å²) >= 11 is 0. The Morgan fingerprint density at radius 3 is 2.53 bits per heavy atom. The number of nitrogens with one attached hydrogen (secondary N) is 1. The minimum Gasteiger partial charge on any atom is -0.501 e. The molecule has 3 rings (SSSR count). The number of carbonyl (C=O) groups is 1. The highest BCUT2D eigenvalue weighted by Gasteiger charge is 2.33. The van der Waals surface area contributed by atoms with Gasteiger partial charge in [-0.2, -0.15) is 13.2 Å². The summed E-state index contributed by atoms with van der Waals surface area (Å²) in [5, 5.41) is 12.5. The van der Waals surface area contributed by atoms with Crippen LogP contribution in [0.1, 0.15) is 33.1 Å². The molecule has 0 fully saturated rings. The van der Waals surface area contributed by atoms with E-state index >= 15 is 0 Å². The summed E-state index contributed by atoms with van der Waals surface area (Å²) in [4.78, 5) is 32.8. The van der Waals surface area contributed by atoms with E-state index in [0.717, 1.165) is 10.6 Å². The zero-order valence-electron chi connectivity index (χ0n) is 15.8. The molecule has 156 valence electrons. The molecule has 0 spiro atoms. The third-order valence-corrected chi connectivity index (χ3v) is 4.40. The Morgan fingerprint density at radius 2 is 1.87 bits per heavy atom. The summed E-state index contributed by atoms with van der Waals surface area (Å²) in [6.07, 6.45) is -3.41. The van der Waals surface area contributed by atoms with E-state index in [4.69, 9.17) is 0 Å². The van der Waals surface area contributed by atoms with Crippen molar-refractivity contribution in [3.63, 3.8) is 0 Å². The zero-order valence-corrected chi connectivity index (χ0v) is 15.8. The van der Waals surface area contributed by atoms with Gasteiger partial charge in [0.05, 0.1) is 17.8 Å². The number of aromatic hydroxyl groups is 1. The largest absolute Gasteiger partial charge is 0.501 e. The lowest BCUT2D eigenvalue weighted by atomic mass is 10.0. The van der Waals surface area contributed by atoms with Crippen LogP contribution >= 0.6 is 0 Å². The molecular weight excluding hydrogens is 401 g/mol. The van der Waals surface area contributed by atoms with Crippen molar-refractivity contribution in [2.45, 2.75) is 19.1 Å². The van der Waals surface area contributed by atoms with Gasteiger partial charge in [0.25, 0.3) is 11.5 Å². The summed E-state index contributed by atoms with van der Waals surface area (Å²) in [5.74, 6) is -1.83. The number of amides is 1. The van der Waals surface area contributed by atoms with E-state index in [0.29, 0.717) is 5.69 Å². The third kappa shape index (κ3) is 4.48. The number of alkyl halides is 3. The maximum Gasteiger partial charge on any atom is 0.416 e. The monoisotopic (exact) mass is 418 g/mol. The van der Waals surface area contributed by atoms with Gasteiger partial charge in [-0.05, 0) is 23.8 Å². The summed E-state index contributed by atoms with van der Waals surface area (Å²) < 4.78 is 40.7. The molecule has 7 nitrogen and oxygen atoms in total. The molecule has 2 N–H and O–H groups in total. The van der Waals surface area contributed by atoms with E-state index in [1.54, 1.807) is 18.2 Å². The quantitative estimate of drug-likeness (QED) is 0.663. The molecule has 10 heteroatoms. The molecule has 1 amide bonds. The second kappa shape index (κ2) is 8.36. The van der Waals surface area contributed by atoms with Gasteiger partial charge in [-0.15, -0.1) is 0 Å². The van der Waals surface area contributed by atoms with Gasteiger partial charge >= 0.3 is 6.18 Å². The minimum atomic E-state index is -4.59. The lowest BCUT2D eigenvalue weighted by molar-refractivity contribution is -0.138. The Bertz CT molecular complexity index is 1130. The summed E-state index contributed by atoms with van der Waals surface area (Å²) in [6.45, 7) is 0.0161. The maximum atomic E-state index is 13.3. The fourth-order valence-corrected chi connectivity index (χ4v) is 2.83. The first-order valence-electron chi connectivity index (χ1n) is 8.80. The molecular formula is C20H17F3N4O3. The van der Waals surface area contributed by atoms with Gasteiger partial charge in [-0.25, -0.2) is 4.98 Å². The van der Waals surface area contributed by atoms with Crippen LogP contribution in [0.3, 0.4) is 0 Å². The Morgan fingerprint density at radius 1 is 1.17 bits per heavy atom. The van der Waals surface area contributed by atoms with Gasteiger partial charge in [-0.3, -0.25) is 19.1 Å². The van der Waals surface area contributed by atoms with Crippen LogP contribution in [0.5, 0.6) is 5.75 Å². The van der Waals surface area contributed by atoms with Gasteiger partial charge in [0.2, 0.25) is 5.75 Å². The minimum absolute atomic E-state index is 0.0161. The van der Waals surface area contributed by atoms with E-state index in [-0.39, 0.29) is 24.4 Å². The van der Waals surface area contributed by atoms with Crippen LogP contribution in [-0.2, 0) is 26.2 Å².